The third-order valence-corrected chi connectivity index (χ3v) is 7.88. The van der Waals surface area contributed by atoms with Gasteiger partial charge >= 0.3 is 0 Å². The number of carbonyl (C=O) groups is 1. The molecule has 0 aliphatic carbocycles. The van der Waals surface area contributed by atoms with Crippen LogP contribution in [0.3, 0.4) is 0 Å². The Bertz CT molecular complexity index is 1220. The summed E-state index contributed by atoms with van der Waals surface area (Å²) in [7, 11) is -2.08. The highest BCUT2D eigenvalue weighted by atomic mass is 32.2. The molecule has 1 amide bonds. The van der Waals surface area contributed by atoms with E-state index in [-0.39, 0.29) is 16.6 Å². The lowest BCUT2D eigenvalue weighted by atomic mass is 10.2. The van der Waals surface area contributed by atoms with Crippen molar-refractivity contribution in [2.24, 2.45) is 0 Å². The maximum absolute atomic E-state index is 12.8. The molecule has 0 unspecified atom stereocenters. The smallest absolute Gasteiger partial charge is 0.243 e. The van der Waals surface area contributed by atoms with E-state index in [4.69, 9.17) is 4.74 Å². The van der Waals surface area contributed by atoms with Crippen LogP contribution >= 0.6 is 11.8 Å². The van der Waals surface area contributed by atoms with Gasteiger partial charge in [-0.2, -0.15) is 8.99 Å². The summed E-state index contributed by atoms with van der Waals surface area (Å²) in [6, 6.07) is 12.0. The second kappa shape index (κ2) is 10.8. The monoisotopic (exact) mass is 490 g/mol. The zero-order valence-corrected chi connectivity index (χ0v) is 20.5. The van der Waals surface area contributed by atoms with Gasteiger partial charge in [0.15, 0.2) is 0 Å². The fraction of sp³-hybridized carbons (Fsp3) is 0.333. The Kier molecular flexibility index (Phi) is 8.06. The molecule has 0 atom stereocenters. The molecule has 3 rings (SSSR count). The summed E-state index contributed by atoms with van der Waals surface area (Å²) in [5.41, 5.74) is 1.85. The Balaban J connectivity index is 1.74. The third kappa shape index (κ3) is 5.52. The number of ether oxygens (including phenoxy) is 1. The summed E-state index contributed by atoms with van der Waals surface area (Å²) in [4.78, 5) is 12.8. The lowest BCUT2D eigenvalue weighted by Gasteiger charge is -2.19. The number of hydrogen-bond donors (Lipinski definition) is 1. The Hall–Kier alpha value is -2.96. The van der Waals surface area contributed by atoms with Crippen LogP contribution < -0.4 is 10.1 Å². The SMILES string of the molecule is CCN(CC)S(=O)(=O)c1ccc(C)c(NC(=O)CSc2nnnn2-c2ccccc2OC)c1. The standard InChI is InChI=1S/C21H26N6O4S2/c1-5-26(6-2)33(29,30)16-12-11-15(3)17(13-16)22-20(28)14-32-21-23-24-25-27(21)18-9-7-8-10-19(18)31-4/h7-13H,5-6,14H2,1-4H3,(H,22,28). The molecule has 0 aliphatic heterocycles. The number of hydrogen-bond acceptors (Lipinski definition) is 8. The van der Waals surface area contributed by atoms with Crippen LogP contribution in [0.4, 0.5) is 5.69 Å². The third-order valence-electron chi connectivity index (χ3n) is 4.91. The van der Waals surface area contributed by atoms with Gasteiger partial charge in [-0.1, -0.05) is 43.8 Å². The summed E-state index contributed by atoms with van der Waals surface area (Å²) in [6.07, 6.45) is 0. The average Bonchev–Trinajstić information content (AvgIpc) is 3.28. The van der Waals surface area contributed by atoms with Crippen LogP contribution in [-0.2, 0) is 14.8 Å². The number of aryl methyl sites for hydroxylation is 1. The lowest BCUT2D eigenvalue weighted by molar-refractivity contribution is -0.113. The number of tetrazole rings is 1. The van der Waals surface area contributed by atoms with Gasteiger partial charge in [-0.15, -0.1) is 5.10 Å². The molecule has 0 spiro atoms. The summed E-state index contributed by atoms with van der Waals surface area (Å²) >= 11 is 1.16. The van der Waals surface area contributed by atoms with Crippen molar-refractivity contribution in [3.63, 3.8) is 0 Å². The van der Waals surface area contributed by atoms with Crippen molar-refractivity contribution >= 4 is 33.4 Å². The van der Waals surface area contributed by atoms with E-state index in [1.807, 2.05) is 18.2 Å². The summed E-state index contributed by atoms with van der Waals surface area (Å²) in [5.74, 6) is 0.315. The number of nitrogens with one attached hydrogen (secondary N) is 1. The Labute approximate surface area is 197 Å². The summed E-state index contributed by atoms with van der Waals surface area (Å²) in [5, 5.41) is 14.9. The van der Waals surface area contributed by atoms with Crippen molar-refractivity contribution in [2.45, 2.75) is 30.8 Å². The van der Waals surface area contributed by atoms with Gasteiger partial charge in [-0.3, -0.25) is 4.79 Å². The molecule has 176 valence electrons. The minimum Gasteiger partial charge on any atom is -0.494 e. The number of anilines is 1. The molecule has 33 heavy (non-hydrogen) atoms. The first kappa shape index (κ1) is 24.7. The van der Waals surface area contributed by atoms with Gasteiger partial charge in [0.2, 0.25) is 21.1 Å². The van der Waals surface area contributed by atoms with Gasteiger partial charge in [0.25, 0.3) is 0 Å². The minimum atomic E-state index is -3.63. The molecule has 0 radical (unpaired) electrons. The van der Waals surface area contributed by atoms with Crippen LogP contribution in [0.15, 0.2) is 52.5 Å². The number of methoxy groups -OCH3 is 1. The molecule has 3 aromatic rings. The van der Waals surface area contributed by atoms with E-state index in [1.165, 1.54) is 15.1 Å². The molecular weight excluding hydrogens is 464 g/mol. The lowest BCUT2D eigenvalue weighted by Crippen LogP contribution is -2.30. The molecule has 0 aliphatic rings. The van der Waals surface area contributed by atoms with Gasteiger partial charge in [0.1, 0.15) is 11.4 Å². The van der Waals surface area contributed by atoms with E-state index in [2.05, 4.69) is 20.8 Å². The minimum absolute atomic E-state index is 0.0297. The fourth-order valence-corrected chi connectivity index (χ4v) is 5.32. The van der Waals surface area contributed by atoms with Gasteiger partial charge < -0.3 is 10.1 Å². The zero-order chi connectivity index (χ0) is 24.0. The normalized spacial score (nSPS) is 11.5. The van der Waals surface area contributed by atoms with Crippen LogP contribution in [0.25, 0.3) is 5.69 Å². The van der Waals surface area contributed by atoms with Crippen LogP contribution in [0.5, 0.6) is 5.75 Å². The van der Waals surface area contributed by atoms with Gasteiger partial charge in [-0.05, 0) is 47.2 Å². The molecule has 0 saturated carbocycles. The molecule has 0 bridgehead atoms. The molecule has 1 N–H and O–H groups in total. The topological polar surface area (TPSA) is 119 Å². The molecule has 10 nitrogen and oxygen atoms in total. The molecule has 2 aromatic carbocycles. The van der Waals surface area contributed by atoms with Crippen LogP contribution in [0.2, 0.25) is 0 Å². The average molecular weight is 491 g/mol. The number of thioether (sulfide) groups is 1. The largest absolute Gasteiger partial charge is 0.494 e. The Morgan fingerprint density at radius 1 is 1.18 bits per heavy atom. The van der Waals surface area contributed by atoms with Crippen molar-refractivity contribution in [1.29, 1.82) is 0 Å². The van der Waals surface area contributed by atoms with Gasteiger partial charge in [0, 0.05) is 18.8 Å². The zero-order valence-electron chi connectivity index (χ0n) is 18.8. The fourth-order valence-electron chi connectivity index (χ4n) is 3.15. The predicted octanol–water partition coefficient (Wildman–Crippen LogP) is 2.74. The number of carbonyl (C=O) groups excluding carboxylic acids is 1. The highest BCUT2D eigenvalue weighted by Crippen LogP contribution is 2.26. The van der Waals surface area contributed by atoms with Crippen molar-refractivity contribution in [3.05, 3.63) is 48.0 Å². The number of para-hydroxylation sites is 2. The van der Waals surface area contributed by atoms with Gasteiger partial charge in [-0.25, -0.2) is 8.42 Å². The van der Waals surface area contributed by atoms with Crippen molar-refractivity contribution in [1.82, 2.24) is 24.5 Å². The van der Waals surface area contributed by atoms with Crippen LogP contribution in [0.1, 0.15) is 19.4 Å². The first-order chi connectivity index (χ1) is 15.8. The second-order valence-corrected chi connectivity index (χ2v) is 9.83. The molecule has 0 fully saturated rings. The number of rotatable bonds is 10. The number of aromatic nitrogens is 4. The van der Waals surface area contributed by atoms with Crippen molar-refractivity contribution in [3.8, 4) is 11.4 Å². The van der Waals surface area contributed by atoms with Crippen molar-refractivity contribution in [2.75, 3.05) is 31.3 Å². The summed E-state index contributed by atoms with van der Waals surface area (Å²) < 4.78 is 33.9. The summed E-state index contributed by atoms with van der Waals surface area (Å²) in [6.45, 7) is 6.11. The maximum atomic E-state index is 12.8. The van der Waals surface area contributed by atoms with Crippen LogP contribution in [0, 0.1) is 6.92 Å². The predicted molar refractivity (Wildman–Crippen MR) is 126 cm³/mol. The molecular formula is C21H26N6O4S2. The quantitative estimate of drug-likeness (QED) is 0.431. The van der Waals surface area contributed by atoms with E-state index in [0.717, 1.165) is 17.3 Å². The molecule has 12 heteroatoms. The molecule has 1 heterocycles. The van der Waals surface area contributed by atoms with E-state index in [9.17, 15) is 13.2 Å². The van der Waals surface area contributed by atoms with E-state index >= 15 is 0 Å². The van der Waals surface area contributed by atoms with E-state index in [0.29, 0.717) is 35.4 Å². The number of nitrogens with zero attached hydrogens (tertiary/aromatic N) is 5. The first-order valence-electron chi connectivity index (χ1n) is 10.3. The van der Waals surface area contributed by atoms with Crippen LogP contribution in [-0.4, -0.2) is 64.8 Å². The van der Waals surface area contributed by atoms with Crippen molar-refractivity contribution < 1.29 is 17.9 Å². The number of sulfonamides is 1. The maximum Gasteiger partial charge on any atom is 0.243 e. The second-order valence-electron chi connectivity index (χ2n) is 6.95. The highest BCUT2D eigenvalue weighted by Gasteiger charge is 2.23. The Morgan fingerprint density at radius 2 is 1.91 bits per heavy atom. The molecule has 0 saturated heterocycles. The first-order valence-corrected chi connectivity index (χ1v) is 12.7. The number of benzene rings is 2. The number of amides is 1. The Morgan fingerprint density at radius 3 is 2.61 bits per heavy atom. The van der Waals surface area contributed by atoms with E-state index < -0.39 is 10.0 Å². The molecule has 1 aromatic heterocycles. The van der Waals surface area contributed by atoms with Gasteiger partial charge in [0.05, 0.1) is 17.8 Å². The highest BCUT2D eigenvalue weighted by molar-refractivity contribution is 7.99. The van der Waals surface area contributed by atoms with E-state index in [1.54, 1.807) is 46.1 Å².